The van der Waals surface area contributed by atoms with Crippen LogP contribution in [0.15, 0.2) is 36.9 Å². The lowest BCUT2D eigenvalue weighted by Crippen LogP contribution is -2.31. The normalized spacial score (nSPS) is 17.8. The van der Waals surface area contributed by atoms with Crippen LogP contribution >= 0.6 is 0 Å². The highest BCUT2D eigenvalue weighted by Crippen LogP contribution is 2.27. The van der Waals surface area contributed by atoms with Crippen LogP contribution in [0.3, 0.4) is 0 Å². The summed E-state index contributed by atoms with van der Waals surface area (Å²) in [6.07, 6.45) is 1.30. The van der Waals surface area contributed by atoms with Gasteiger partial charge in [-0.3, -0.25) is 14.8 Å². The first kappa shape index (κ1) is 16.2. The number of amides is 1. The third-order valence-corrected chi connectivity index (χ3v) is 3.56. The van der Waals surface area contributed by atoms with Crippen LogP contribution in [0.4, 0.5) is 13.2 Å². The molecule has 0 spiro atoms. The number of ether oxygens (including phenoxy) is 1. The van der Waals surface area contributed by atoms with E-state index in [2.05, 4.69) is 15.0 Å². The van der Waals surface area contributed by atoms with E-state index in [-0.39, 0.29) is 17.6 Å². The van der Waals surface area contributed by atoms with E-state index < -0.39 is 11.9 Å². The number of likely N-dealkylation sites (tertiary alicyclic amines) is 1. The van der Waals surface area contributed by atoms with Gasteiger partial charge in [0.25, 0.3) is 5.91 Å². The molecule has 3 heterocycles. The topological polar surface area (TPSA) is 68.2 Å². The Balaban J connectivity index is 1.62. The van der Waals surface area contributed by atoms with Gasteiger partial charge in [-0.25, -0.2) is 4.98 Å². The number of hydrogen-bond acceptors (Lipinski definition) is 5. The molecule has 0 radical (unpaired) electrons. The molecule has 0 aliphatic carbocycles. The van der Waals surface area contributed by atoms with Crippen molar-refractivity contribution in [2.75, 3.05) is 13.1 Å². The molecule has 2 aromatic rings. The molecule has 1 aliphatic heterocycles. The van der Waals surface area contributed by atoms with Crippen molar-refractivity contribution in [3.05, 3.63) is 48.2 Å². The molecule has 3 rings (SSSR count). The first-order valence-electron chi connectivity index (χ1n) is 7.18. The van der Waals surface area contributed by atoms with Crippen molar-refractivity contribution in [1.82, 2.24) is 19.9 Å². The predicted octanol–water partition coefficient (Wildman–Crippen LogP) is 2.18. The third-order valence-electron chi connectivity index (χ3n) is 3.56. The van der Waals surface area contributed by atoms with Crippen LogP contribution in [-0.2, 0) is 6.18 Å². The number of carbonyl (C=O) groups excluding carboxylic acids is 1. The van der Waals surface area contributed by atoms with Crippen LogP contribution in [0.5, 0.6) is 5.88 Å². The molecule has 0 unspecified atom stereocenters. The van der Waals surface area contributed by atoms with E-state index in [9.17, 15) is 18.0 Å². The first-order valence-corrected chi connectivity index (χ1v) is 7.18. The van der Waals surface area contributed by atoms with E-state index in [0.717, 1.165) is 18.3 Å². The fourth-order valence-electron chi connectivity index (χ4n) is 2.40. The lowest BCUT2D eigenvalue weighted by molar-refractivity contribution is -0.141. The van der Waals surface area contributed by atoms with Crippen molar-refractivity contribution in [2.45, 2.75) is 18.7 Å². The minimum Gasteiger partial charge on any atom is -0.471 e. The van der Waals surface area contributed by atoms with Crippen molar-refractivity contribution >= 4 is 5.91 Å². The van der Waals surface area contributed by atoms with Gasteiger partial charge in [0.2, 0.25) is 5.88 Å². The van der Waals surface area contributed by atoms with Gasteiger partial charge in [-0.2, -0.15) is 13.2 Å². The minimum atomic E-state index is -4.52. The van der Waals surface area contributed by atoms with E-state index in [1.165, 1.54) is 23.5 Å². The Morgan fingerprint density at radius 2 is 2.04 bits per heavy atom. The average molecular weight is 338 g/mol. The lowest BCUT2D eigenvalue weighted by Gasteiger charge is -2.17. The molecule has 1 fully saturated rings. The first-order chi connectivity index (χ1) is 11.4. The molecule has 1 amide bonds. The van der Waals surface area contributed by atoms with Crippen LogP contribution in [0.1, 0.15) is 22.5 Å². The molecular formula is C15H13F3N4O2. The van der Waals surface area contributed by atoms with Gasteiger partial charge in [-0.1, -0.05) is 0 Å². The maximum absolute atomic E-state index is 12.5. The monoisotopic (exact) mass is 338 g/mol. The zero-order valence-electron chi connectivity index (χ0n) is 12.4. The zero-order valence-corrected chi connectivity index (χ0v) is 12.4. The van der Waals surface area contributed by atoms with Gasteiger partial charge in [-0.05, 0) is 12.1 Å². The Bertz CT molecular complexity index is 707. The number of carbonyl (C=O) groups is 1. The second-order valence-electron chi connectivity index (χ2n) is 5.25. The summed E-state index contributed by atoms with van der Waals surface area (Å²) in [6, 6.07) is 1.94. The summed E-state index contributed by atoms with van der Waals surface area (Å²) in [5.74, 6) is -0.00512. The van der Waals surface area contributed by atoms with E-state index in [4.69, 9.17) is 4.74 Å². The van der Waals surface area contributed by atoms with Gasteiger partial charge in [0, 0.05) is 31.6 Å². The highest BCUT2D eigenvalue weighted by Gasteiger charge is 2.33. The summed E-state index contributed by atoms with van der Waals surface area (Å²) in [5, 5.41) is 0. The summed E-state index contributed by atoms with van der Waals surface area (Å²) >= 11 is 0. The molecule has 0 N–H and O–H groups in total. The summed E-state index contributed by atoms with van der Waals surface area (Å²) in [5.41, 5.74) is -0.910. The predicted molar refractivity (Wildman–Crippen MR) is 76.2 cm³/mol. The molecule has 6 nitrogen and oxygen atoms in total. The fraction of sp³-hybridized carbons (Fsp3) is 0.333. The molecule has 0 bridgehead atoms. The number of hydrogen-bond donors (Lipinski definition) is 0. The van der Waals surface area contributed by atoms with Gasteiger partial charge in [0.15, 0.2) is 0 Å². The second-order valence-corrected chi connectivity index (χ2v) is 5.25. The highest BCUT2D eigenvalue weighted by molar-refractivity contribution is 5.94. The number of nitrogens with zero attached hydrogens (tertiary/aromatic N) is 4. The number of alkyl halides is 3. The molecule has 0 aromatic carbocycles. The Hall–Kier alpha value is -2.71. The van der Waals surface area contributed by atoms with Crippen molar-refractivity contribution in [3.63, 3.8) is 0 Å². The molecular weight excluding hydrogens is 325 g/mol. The Labute approximate surface area is 135 Å². The van der Waals surface area contributed by atoms with E-state index >= 15 is 0 Å². The van der Waals surface area contributed by atoms with E-state index in [1.54, 1.807) is 0 Å². The quantitative estimate of drug-likeness (QED) is 0.858. The summed E-state index contributed by atoms with van der Waals surface area (Å²) < 4.78 is 43.1. The Kier molecular flexibility index (Phi) is 4.32. The maximum Gasteiger partial charge on any atom is 0.433 e. The lowest BCUT2D eigenvalue weighted by atomic mass is 10.2. The molecule has 126 valence electrons. The summed E-state index contributed by atoms with van der Waals surface area (Å²) in [7, 11) is 0. The van der Waals surface area contributed by atoms with Gasteiger partial charge in [-0.15, -0.1) is 0 Å². The van der Waals surface area contributed by atoms with Gasteiger partial charge in [0.05, 0.1) is 18.3 Å². The van der Waals surface area contributed by atoms with Gasteiger partial charge < -0.3 is 9.64 Å². The number of halogens is 3. The summed E-state index contributed by atoms with van der Waals surface area (Å²) in [4.78, 5) is 25.0. The maximum atomic E-state index is 12.5. The SMILES string of the molecule is O=C(c1ccc(C(F)(F)F)nc1)N1CC[C@H](Oc2cnccn2)C1. The molecule has 1 atom stereocenters. The highest BCUT2D eigenvalue weighted by atomic mass is 19.4. The Morgan fingerprint density at radius 3 is 2.67 bits per heavy atom. The summed E-state index contributed by atoms with van der Waals surface area (Å²) in [6.45, 7) is 0.779. The number of pyridine rings is 1. The van der Waals surface area contributed by atoms with Crippen LogP contribution in [-0.4, -0.2) is 45.0 Å². The minimum absolute atomic E-state index is 0.114. The fourth-order valence-corrected chi connectivity index (χ4v) is 2.40. The van der Waals surface area contributed by atoms with E-state index in [0.29, 0.717) is 25.4 Å². The molecule has 2 aromatic heterocycles. The van der Waals surface area contributed by atoms with Crippen molar-refractivity contribution in [2.24, 2.45) is 0 Å². The molecule has 0 saturated carbocycles. The molecule has 9 heteroatoms. The van der Waals surface area contributed by atoms with Gasteiger partial charge >= 0.3 is 6.18 Å². The zero-order chi connectivity index (χ0) is 17.2. The molecule has 1 saturated heterocycles. The standard InChI is InChI=1S/C15H13F3N4O2/c16-15(17,18)12-2-1-10(7-21-12)14(23)22-6-3-11(9-22)24-13-8-19-4-5-20-13/h1-2,4-5,7-8,11H,3,6,9H2/t11-/m0/s1. The second kappa shape index (κ2) is 6.42. The van der Waals surface area contributed by atoms with Crippen LogP contribution in [0.25, 0.3) is 0 Å². The number of aromatic nitrogens is 3. The van der Waals surface area contributed by atoms with Crippen molar-refractivity contribution < 1.29 is 22.7 Å². The van der Waals surface area contributed by atoms with E-state index in [1.807, 2.05) is 0 Å². The third kappa shape index (κ3) is 3.61. The average Bonchev–Trinajstić information content (AvgIpc) is 3.03. The van der Waals surface area contributed by atoms with Crippen LogP contribution < -0.4 is 4.74 Å². The largest absolute Gasteiger partial charge is 0.471 e. The molecule has 1 aliphatic rings. The van der Waals surface area contributed by atoms with Crippen molar-refractivity contribution in [3.8, 4) is 5.88 Å². The number of rotatable bonds is 3. The van der Waals surface area contributed by atoms with Crippen molar-refractivity contribution in [1.29, 1.82) is 0 Å². The molecule has 24 heavy (non-hydrogen) atoms. The van der Waals surface area contributed by atoms with Gasteiger partial charge in [0.1, 0.15) is 11.8 Å². The smallest absolute Gasteiger partial charge is 0.433 e. The Morgan fingerprint density at radius 1 is 1.21 bits per heavy atom. The van der Waals surface area contributed by atoms with Crippen LogP contribution in [0.2, 0.25) is 0 Å². The van der Waals surface area contributed by atoms with Crippen LogP contribution in [0, 0.1) is 0 Å².